The third-order valence-corrected chi connectivity index (χ3v) is 6.10. The van der Waals surface area contributed by atoms with Gasteiger partial charge in [0.05, 0.1) is 24.5 Å². The molecule has 1 atom stereocenters. The molecule has 0 aliphatic heterocycles. The van der Waals surface area contributed by atoms with Crippen LogP contribution in [0.4, 0.5) is 5.69 Å². The maximum Gasteiger partial charge on any atom is 0.251 e. The molecule has 3 aromatic rings. The number of hydrogen-bond donors (Lipinski definition) is 1. The minimum absolute atomic E-state index is 0.143. The summed E-state index contributed by atoms with van der Waals surface area (Å²) in [6, 6.07) is 23.1. The Morgan fingerprint density at radius 1 is 0.967 bits per heavy atom. The van der Waals surface area contributed by atoms with Crippen LogP contribution in [-0.2, 0) is 16.6 Å². The number of nitrogens with zero attached hydrogens (tertiary/aromatic N) is 1. The number of hydrogen-bond acceptors (Lipinski definition) is 3. The molecular formula is C23H23ClN2O3S. The second-order valence-electron chi connectivity index (χ2n) is 7.05. The van der Waals surface area contributed by atoms with Gasteiger partial charge in [-0.05, 0) is 54.4 Å². The van der Waals surface area contributed by atoms with Crippen LogP contribution in [0.25, 0.3) is 0 Å². The molecule has 1 amide bonds. The highest BCUT2D eigenvalue weighted by Gasteiger charge is 2.19. The standard InChI is InChI=1S/C23H23ClN2O3S/c1-17(19-6-4-3-5-7-19)25-23(27)20-10-14-22(15-11-20)26(30(2,28)29)16-18-8-12-21(24)13-9-18/h3-15,17H,16H2,1-2H3,(H,25,27). The van der Waals surface area contributed by atoms with Crippen molar-refractivity contribution in [2.75, 3.05) is 10.6 Å². The Morgan fingerprint density at radius 2 is 1.57 bits per heavy atom. The zero-order chi connectivity index (χ0) is 21.7. The lowest BCUT2D eigenvalue weighted by molar-refractivity contribution is 0.0940. The van der Waals surface area contributed by atoms with Crippen LogP contribution in [0.5, 0.6) is 0 Å². The van der Waals surface area contributed by atoms with Crippen molar-refractivity contribution in [2.45, 2.75) is 19.5 Å². The normalized spacial score (nSPS) is 12.2. The van der Waals surface area contributed by atoms with Crippen molar-refractivity contribution >= 4 is 33.2 Å². The smallest absolute Gasteiger partial charge is 0.251 e. The zero-order valence-electron chi connectivity index (χ0n) is 16.7. The van der Waals surface area contributed by atoms with Gasteiger partial charge in [0.25, 0.3) is 5.91 Å². The molecule has 1 N–H and O–H groups in total. The first-order valence-electron chi connectivity index (χ1n) is 9.42. The molecule has 1 unspecified atom stereocenters. The zero-order valence-corrected chi connectivity index (χ0v) is 18.3. The number of rotatable bonds is 7. The second kappa shape index (κ2) is 9.32. The first kappa shape index (κ1) is 21.9. The molecule has 0 saturated carbocycles. The average Bonchev–Trinajstić information content (AvgIpc) is 2.73. The van der Waals surface area contributed by atoms with E-state index in [1.54, 1.807) is 48.5 Å². The van der Waals surface area contributed by atoms with Crippen molar-refractivity contribution in [2.24, 2.45) is 0 Å². The minimum Gasteiger partial charge on any atom is -0.346 e. The van der Waals surface area contributed by atoms with E-state index in [9.17, 15) is 13.2 Å². The fourth-order valence-electron chi connectivity index (χ4n) is 3.04. The van der Waals surface area contributed by atoms with E-state index in [-0.39, 0.29) is 18.5 Å². The predicted octanol–water partition coefficient (Wildman–Crippen LogP) is 4.80. The fraction of sp³-hybridized carbons (Fsp3) is 0.174. The summed E-state index contributed by atoms with van der Waals surface area (Å²) in [7, 11) is -3.51. The third kappa shape index (κ3) is 5.62. The summed E-state index contributed by atoms with van der Waals surface area (Å²) in [4.78, 5) is 12.6. The molecule has 5 nitrogen and oxygen atoms in total. The maximum atomic E-state index is 12.6. The van der Waals surface area contributed by atoms with Gasteiger partial charge in [0.15, 0.2) is 0 Å². The molecule has 0 fully saturated rings. The SMILES string of the molecule is CC(NC(=O)c1ccc(N(Cc2ccc(Cl)cc2)S(C)(=O)=O)cc1)c1ccccc1. The van der Waals surface area contributed by atoms with Gasteiger partial charge in [-0.15, -0.1) is 0 Å². The topological polar surface area (TPSA) is 66.5 Å². The van der Waals surface area contributed by atoms with Crippen LogP contribution in [0.2, 0.25) is 5.02 Å². The van der Waals surface area contributed by atoms with Gasteiger partial charge in [0.2, 0.25) is 10.0 Å². The lowest BCUT2D eigenvalue weighted by Gasteiger charge is -2.23. The van der Waals surface area contributed by atoms with Crippen LogP contribution in [0.1, 0.15) is 34.5 Å². The Labute approximate surface area is 182 Å². The van der Waals surface area contributed by atoms with Crippen molar-refractivity contribution in [3.05, 3.63) is 101 Å². The van der Waals surface area contributed by atoms with E-state index < -0.39 is 10.0 Å². The van der Waals surface area contributed by atoms with Crippen molar-refractivity contribution in [1.82, 2.24) is 5.32 Å². The molecule has 0 aliphatic carbocycles. The number of amides is 1. The Bertz CT molecular complexity index is 1100. The number of carbonyl (C=O) groups excluding carboxylic acids is 1. The highest BCUT2D eigenvalue weighted by molar-refractivity contribution is 7.92. The summed E-state index contributed by atoms with van der Waals surface area (Å²) in [6.07, 6.45) is 1.16. The van der Waals surface area contributed by atoms with E-state index in [1.807, 2.05) is 37.3 Å². The van der Waals surface area contributed by atoms with E-state index in [2.05, 4.69) is 5.32 Å². The molecule has 7 heteroatoms. The van der Waals surface area contributed by atoms with Crippen molar-refractivity contribution < 1.29 is 13.2 Å². The number of halogens is 1. The summed E-state index contributed by atoms with van der Waals surface area (Å²) in [5, 5.41) is 3.54. The number of benzene rings is 3. The molecule has 3 rings (SSSR count). The Kier molecular flexibility index (Phi) is 6.80. The summed E-state index contributed by atoms with van der Waals surface area (Å²) in [5.74, 6) is -0.221. The Morgan fingerprint density at radius 3 is 2.13 bits per heavy atom. The molecular weight excluding hydrogens is 420 g/mol. The van der Waals surface area contributed by atoms with E-state index in [0.717, 1.165) is 17.4 Å². The van der Waals surface area contributed by atoms with E-state index in [4.69, 9.17) is 11.6 Å². The Balaban J connectivity index is 1.76. The summed E-state index contributed by atoms with van der Waals surface area (Å²) >= 11 is 5.91. The number of anilines is 1. The summed E-state index contributed by atoms with van der Waals surface area (Å²) in [6.45, 7) is 2.09. The van der Waals surface area contributed by atoms with Gasteiger partial charge in [-0.25, -0.2) is 8.42 Å². The molecule has 30 heavy (non-hydrogen) atoms. The van der Waals surface area contributed by atoms with Crippen molar-refractivity contribution in [3.63, 3.8) is 0 Å². The predicted molar refractivity (Wildman–Crippen MR) is 121 cm³/mol. The van der Waals surface area contributed by atoms with Gasteiger partial charge in [-0.2, -0.15) is 0 Å². The first-order chi connectivity index (χ1) is 14.2. The van der Waals surface area contributed by atoms with Crippen LogP contribution in [-0.4, -0.2) is 20.6 Å². The summed E-state index contributed by atoms with van der Waals surface area (Å²) in [5.41, 5.74) is 2.76. The van der Waals surface area contributed by atoms with Gasteiger partial charge in [-0.1, -0.05) is 54.1 Å². The Hall–Kier alpha value is -2.83. The molecule has 0 spiro atoms. The van der Waals surface area contributed by atoms with E-state index in [1.165, 1.54) is 4.31 Å². The van der Waals surface area contributed by atoms with Gasteiger partial charge in [0, 0.05) is 10.6 Å². The molecule has 0 bridgehead atoms. The quantitative estimate of drug-likeness (QED) is 0.571. The number of sulfonamides is 1. The second-order valence-corrected chi connectivity index (χ2v) is 9.39. The molecule has 3 aromatic carbocycles. The van der Waals surface area contributed by atoms with Gasteiger partial charge >= 0.3 is 0 Å². The first-order valence-corrected chi connectivity index (χ1v) is 11.6. The molecule has 156 valence electrons. The van der Waals surface area contributed by atoms with Crippen LogP contribution in [0.3, 0.4) is 0 Å². The molecule has 0 aliphatic rings. The monoisotopic (exact) mass is 442 g/mol. The summed E-state index contributed by atoms with van der Waals surface area (Å²) < 4.78 is 26.0. The van der Waals surface area contributed by atoms with Gasteiger partial charge in [0.1, 0.15) is 0 Å². The van der Waals surface area contributed by atoms with Crippen molar-refractivity contribution in [1.29, 1.82) is 0 Å². The lowest BCUT2D eigenvalue weighted by Crippen LogP contribution is -2.29. The maximum absolute atomic E-state index is 12.6. The molecule has 0 radical (unpaired) electrons. The molecule has 0 aromatic heterocycles. The third-order valence-electron chi connectivity index (χ3n) is 4.70. The number of carbonyl (C=O) groups is 1. The lowest BCUT2D eigenvalue weighted by atomic mass is 10.1. The van der Waals surface area contributed by atoms with Gasteiger partial charge < -0.3 is 5.32 Å². The van der Waals surface area contributed by atoms with Gasteiger partial charge in [-0.3, -0.25) is 9.10 Å². The largest absolute Gasteiger partial charge is 0.346 e. The highest BCUT2D eigenvalue weighted by Crippen LogP contribution is 2.22. The van der Waals surface area contributed by atoms with E-state index >= 15 is 0 Å². The van der Waals surface area contributed by atoms with E-state index in [0.29, 0.717) is 16.3 Å². The number of nitrogens with one attached hydrogen (secondary N) is 1. The fourth-order valence-corrected chi connectivity index (χ4v) is 4.05. The highest BCUT2D eigenvalue weighted by atomic mass is 35.5. The van der Waals surface area contributed by atoms with Crippen LogP contribution >= 0.6 is 11.6 Å². The molecule has 0 saturated heterocycles. The van der Waals surface area contributed by atoms with Crippen LogP contribution in [0, 0.1) is 0 Å². The molecule has 0 heterocycles. The van der Waals surface area contributed by atoms with Crippen LogP contribution < -0.4 is 9.62 Å². The van der Waals surface area contributed by atoms with Crippen molar-refractivity contribution in [3.8, 4) is 0 Å². The van der Waals surface area contributed by atoms with Crippen LogP contribution in [0.15, 0.2) is 78.9 Å². The minimum atomic E-state index is -3.51. The average molecular weight is 443 g/mol.